The van der Waals surface area contributed by atoms with E-state index in [1.54, 1.807) is 0 Å². The van der Waals surface area contributed by atoms with Gasteiger partial charge in [-0.05, 0) is 48.8 Å². The molecule has 0 saturated heterocycles. The SMILES string of the molecule is CC(CCC(C)(C)C)Nc1cccc(C(C)C)c1. The van der Waals surface area contributed by atoms with E-state index < -0.39 is 0 Å². The maximum absolute atomic E-state index is 3.61. The van der Waals surface area contributed by atoms with Crippen molar-refractivity contribution in [1.29, 1.82) is 0 Å². The van der Waals surface area contributed by atoms with Crippen LogP contribution in [0.4, 0.5) is 5.69 Å². The van der Waals surface area contributed by atoms with Crippen LogP contribution in [0, 0.1) is 5.41 Å². The van der Waals surface area contributed by atoms with Gasteiger partial charge in [0.05, 0.1) is 0 Å². The van der Waals surface area contributed by atoms with E-state index in [4.69, 9.17) is 0 Å². The largest absolute Gasteiger partial charge is 0.383 e. The van der Waals surface area contributed by atoms with Crippen LogP contribution in [0.1, 0.15) is 65.9 Å². The third-order valence-corrected chi connectivity index (χ3v) is 3.29. The van der Waals surface area contributed by atoms with Crippen molar-refractivity contribution in [2.75, 3.05) is 5.32 Å². The Morgan fingerprint density at radius 1 is 1.11 bits per heavy atom. The molecule has 1 unspecified atom stereocenters. The Balaban J connectivity index is 2.54. The summed E-state index contributed by atoms with van der Waals surface area (Å²) in [6.45, 7) is 13.7. The van der Waals surface area contributed by atoms with Crippen LogP contribution in [-0.4, -0.2) is 6.04 Å². The predicted molar refractivity (Wildman–Crippen MR) is 82.3 cm³/mol. The van der Waals surface area contributed by atoms with Crippen LogP contribution in [0.25, 0.3) is 0 Å². The summed E-state index contributed by atoms with van der Waals surface area (Å²) in [5, 5.41) is 3.61. The monoisotopic (exact) mass is 247 g/mol. The van der Waals surface area contributed by atoms with Gasteiger partial charge in [-0.15, -0.1) is 0 Å². The molecule has 0 saturated carbocycles. The zero-order chi connectivity index (χ0) is 13.8. The van der Waals surface area contributed by atoms with Gasteiger partial charge in [0, 0.05) is 11.7 Å². The minimum absolute atomic E-state index is 0.426. The lowest BCUT2D eigenvalue weighted by Crippen LogP contribution is -2.18. The summed E-state index contributed by atoms with van der Waals surface area (Å²) in [6, 6.07) is 9.33. The first-order valence-electron chi connectivity index (χ1n) is 7.14. The summed E-state index contributed by atoms with van der Waals surface area (Å²) >= 11 is 0. The molecule has 1 aromatic rings. The van der Waals surface area contributed by atoms with Crippen molar-refractivity contribution in [3.8, 4) is 0 Å². The Bertz CT molecular complexity index is 360. The average molecular weight is 247 g/mol. The second-order valence-electron chi connectivity index (χ2n) is 6.92. The Labute approximate surface area is 113 Å². The third kappa shape index (κ3) is 5.57. The third-order valence-electron chi connectivity index (χ3n) is 3.29. The molecule has 1 aromatic carbocycles. The van der Waals surface area contributed by atoms with Gasteiger partial charge in [-0.2, -0.15) is 0 Å². The smallest absolute Gasteiger partial charge is 0.0345 e. The van der Waals surface area contributed by atoms with Crippen molar-refractivity contribution in [3.63, 3.8) is 0 Å². The van der Waals surface area contributed by atoms with Gasteiger partial charge in [0.2, 0.25) is 0 Å². The Morgan fingerprint density at radius 3 is 2.33 bits per heavy atom. The highest BCUT2D eigenvalue weighted by Crippen LogP contribution is 2.23. The van der Waals surface area contributed by atoms with Gasteiger partial charge in [-0.3, -0.25) is 0 Å². The molecule has 0 aliphatic carbocycles. The molecule has 1 N–H and O–H groups in total. The second kappa shape index (κ2) is 6.26. The summed E-state index contributed by atoms with van der Waals surface area (Å²) in [5.41, 5.74) is 3.08. The summed E-state index contributed by atoms with van der Waals surface area (Å²) in [5.74, 6) is 0.594. The number of nitrogens with one attached hydrogen (secondary N) is 1. The number of benzene rings is 1. The van der Waals surface area contributed by atoms with Crippen molar-refractivity contribution in [3.05, 3.63) is 29.8 Å². The Kier molecular flexibility index (Phi) is 5.25. The van der Waals surface area contributed by atoms with Crippen LogP contribution < -0.4 is 5.32 Å². The molecule has 0 amide bonds. The molecule has 0 fully saturated rings. The Hall–Kier alpha value is -0.980. The summed E-state index contributed by atoms with van der Waals surface area (Å²) in [6.07, 6.45) is 2.47. The summed E-state index contributed by atoms with van der Waals surface area (Å²) in [4.78, 5) is 0. The highest BCUT2D eigenvalue weighted by molar-refractivity contribution is 5.47. The molecule has 1 nitrogen and oxygen atoms in total. The topological polar surface area (TPSA) is 12.0 Å². The minimum atomic E-state index is 0.426. The standard InChI is InChI=1S/C17H29N/c1-13(2)15-8-7-9-16(12-15)18-14(3)10-11-17(4,5)6/h7-9,12-14,18H,10-11H2,1-6H3. The van der Waals surface area contributed by atoms with Crippen molar-refractivity contribution < 1.29 is 0 Å². The van der Waals surface area contributed by atoms with Crippen molar-refractivity contribution in [2.24, 2.45) is 5.41 Å². The van der Waals surface area contributed by atoms with E-state index in [0.29, 0.717) is 17.4 Å². The van der Waals surface area contributed by atoms with Gasteiger partial charge in [-0.1, -0.05) is 46.8 Å². The van der Waals surface area contributed by atoms with Crippen LogP contribution in [0.15, 0.2) is 24.3 Å². The number of hydrogen-bond donors (Lipinski definition) is 1. The molecule has 1 rings (SSSR count). The van der Waals surface area contributed by atoms with Gasteiger partial charge >= 0.3 is 0 Å². The fourth-order valence-corrected chi connectivity index (χ4v) is 1.99. The number of anilines is 1. The van der Waals surface area contributed by atoms with Gasteiger partial charge in [0.25, 0.3) is 0 Å². The molecular formula is C17H29N. The van der Waals surface area contributed by atoms with Gasteiger partial charge < -0.3 is 5.32 Å². The predicted octanol–water partition coefficient (Wildman–Crippen LogP) is 5.44. The maximum atomic E-state index is 3.61. The fourth-order valence-electron chi connectivity index (χ4n) is 1.99. The van der Waals surface area contributed by atoms with E-state index in [-0.39, 0.29) is 0 Å². The molecule has 0 aromatic heterocycles. The van der Waals surface area contributed by atoms with Crippen LogP contribution in [0.3, 0.4) is 0 Å². The average Bonchev–Trinajstić information content (AvgIpc) is 2.26. The fraction of sp³-hybridized carbons (Fsp3) is 0.647. The molecule has 0 radical (unpaired) electrons. The molecule has 0 spiro atoms. The summed E-state index contributed by atoms with van der Waals surface area (Å²) < 4.78 is 0. The van der Waals surface area contributed by atoms with E-state index in [1.165, 1.54) is 24.1 Å². The van der Waals surface area contributed by atoms with Crippen molar-refractivity contribution >= 4 is 5.69 Å². The number of hydrogen-bond acceptors (Lipinski definition) is 1. The van der Waals surface area contributed by atoms with Gasteiger partial charge in [-0.25, -0.2) is 0 Å². The Morgan fingerprint density at radius 2 is 1.78 bits per heavy atom. The minimum Gasteiger partial charge on any atom is -0.383 e. The van der Waals surface area contributed by atoms with E-state index in [2.05, 4.69) is 71.1 Å². The van der Waals surface area contributed by atoms with Crippen LogP contribution in [0.5, 0.6) is 0 Å². The molecule has 1 heteroatoms. The normalized spacial score (nSPS) is 13.7. The van der Waals surface area contributed by atoms with Crippen LogP contribution in [-0.2, 0) is 0 Å². The van der Waals surface area contributed by atoms with Crippen molar-refractivity contribution in [1.82, 2.24) is 0 Å². The molecular weight excluding hydrogens is 218 g/mol. The van der Waals surface area contributed by atoms with E-state index >= 15 is 0 Å². The molecule has 0 aliphatic heterocycles. The number of rotatable bonds is 5. The van der Waals surface area contributed by atoms with Gasteiger partial charge in [0.1, 0.15) is 0 Å². The zero-order valence-corrected chi connectivity index (χ0v) is 12.9. The van der Waals surface area contributed by atoms with E-state index in [9.17, 15) is 0 Å². The molecule has 102 valence electrons. The zero-order valence-electron chi connectivity index (χ0n) is 12.9. The first kappa shape index (κ1) is 15.1. The molecule has 0 bridgehead atoms. The van der Waals surface area contributed by atoms with Crippen LogP contribution >= 0.6 is 0 Å². The first-order valence-corrected chi connectivity index (χ1v) is 7.14. The lowest BCUT2D eigenvalue weighted by molar-refractivity contribution is 0.357. The highest BCUT2D eigenvalue weighted by Gasteiger charge is 2.12. The molecule has 18 heavy (non-hydrogen) atoms. The van der Waals surface area contributed by atoms with Crippen molar-refractivity contribution in [2.45, 2.75) is 66.3 Å². The quantitative estimate of drug-likeness (QED) is 0.731. The lowest BCUT2D eigenvalue weighted by atomic mass is 9.89. The molecule has 0 heterocycles. The van der Waals surface area contributed by atoms with Gasteiger partial charge in [0.15, 0.2) is 0 Å². The van der Waals surface area contributed by atoms with E-state index in [0.717, 1.165) is 0 Å². The lowest BCUT2D eigenvalue weighted by Gasteiger charge is -2.22. The molecule has 1 atom stereocenters. The highest BCUT2D eigenvalue weighted by atomic mass is 14.9. The second-order valence-corrected chi connectivity index (χ2v) is 6.92. The molecule has 0 aliphatic rings. The maximum Gasteiger partial charge on any atom is 0.0345 e. The van der Waals surface area contributed by atoms with E-state index in [1.807, 2.05) is 0 Å². The summed E-state index contributed by atoms with van der Waals surface area (Å²) in [7, 11) is 0. The van der Waals surface area contributed by atoms with Crippen LogP contribution in [0.2, 0.25) is 0 Å². The first-order chi connectivity index (χ1) is 8.28.